The maximum atomic E-state index is 13.7. The van der Waals surface area contributed by atoms with Gasteiger partial charge in [-0.3, -0.25) is 10.00 Å². The first kappa shape index (κ1) is 21.5. The summed E-state index contributed by atoms with van der Waals surface area (Å²) in [6.07, 6.45) is 5.45. The topological polar surface area (TPSA) is 44.4 Å². The fourth-order valence-corrected chi connectivity index (χ4v) is 4.34. The van der Waals surface area contributed by atoms with Crippen LogP contribution in [-0.2, 0) is 11.3 Å². The third-order valence-corrected chi connectivity index (χ3v) is 6.31. The molecule has 3 aromatic rings. The van der Waals surface area contributed by atoms with Gasteiger partial charge in [0.15, 0.2) is 11.6 Å². The molecule has 5 nitrogen and oxygen atoms in total. The molecule has 0 unspecified atom stereocenters. The molecule has 4 rings (SSSR count). The van der Waals surface area contributed by atoms with E-state index in [-0.39, 0.29) is 5.54 Å². The Balaban J connectivity index is 1.50. The molecule has 7 heteroatoms. The van der Waals surface area contributed by atoms with Gasteiger partial charge in [-0.2, -0.15) is 5.10 Å². The number of hydrogen-bond acceptors (Lipinski definition) is 4. The van der Waals surface area contributed by atoms with Gasteiger partial charge in [0, 0.05) is 56.3 Å². The number of H-pyrrole nitrogens is 1. The first-order valence-corrected chi connectivity index (χ1v) is 10.5. The van der Waals surface area contributed by atoms with Crippen molar-refractivity contribution in [3.05, 3.63) is 72.1 Å². The van der Waals surface area contributed by atoms with Gasteiger partial charge in [0.1, 0.15) is 0 Å². The van der Waals surface area contributed by atoms with Gasteiger partial charge in [-0.1, -0.05) is 18.2 Å². The fraction of sp³-hybridized carbons (Fsp3) is 0.375. The first-order valence-electron chi connectivity index (χ1n) is 10.5. The second-order valence-corrected chi connectivity index (χ2v) is 8.33. The molecule has 1 aliphatic heterocycles. The Morgan fingerprint density at radius 2 is 1.74 bits per heavy atom. The lowest BCUT2D eigenvalue weighted by atomic mass is 9.87. The zero-order chi connectivity index (χ0) is 21.8. The predicted molar refractivity (Wildman–Crippen MR) is 118 cm³/mol. The van der Waals surface area contributed by atoms with Crippen molar-refractivity contribution in [1.29, 1.82) is 0 Å². The minimum absolute atomic E-state index is 0.124. The summed E-state index contributed by atoms with van der Waals surface area (Å²) in [5.41, 5.74) is 3.93. The molecule has 0 amide bonds. The van der Waals surface area contributed by atoms with E-state index in [0.29, 0.717) is 19.8 Å². The van der Waals surface area contributed by atoms with Crippen molar-refractivity contribution in [3.8, 4) is 11.1 Å². The van der Waals surface area contributed by atoms with Gasteiger partial charge in [0.25, 0.3) is 0 Å². The smallest absolute Gasteiger partial charge is 0.159 e. The third kappa shape index (κ3) is 4.78. The highest BCUT2D eigenvalue weighted by Gasteiger charge is 2.37. The molecule has 2 aromatic carbocycles. The number of ether oxygens (including phenoxy) is 1. The van der Waals surface area contributed by atoms with E-state index in [2.05, 4.69) is 58.4 Å². The summed E-state index contributed by atoms with van der Waals surface area (Å²) in [7, 11) is 4.15. The molecule has 2 heterocycles. The van der Waals surface area contributed by atoms with Crippen LogP contribution in [0.2, 0.25) is 0 Å². The molecular formula is C24H28F2N4O. The monoisotopic (exact) mass is 426 g/mol. The Labute approximate surface area is 181 Å². The van der Waals surface area contributed by atoms with E-state index >= 15 is 0 Å². The number of hydrogen-bond donors (Lipinski definition) is 1. The molecule has 1 aromatic heterocycles. The summed E-state index contributed by atoms with van der Waals surface area (Å²) in [5, 5.41) is 6.85. The molecule has 0 saturated carbocycles. The zero-order valence-electron chi connectivity index (χ0n) is 17.9. The van der Waals surface area contributed by atoms with E-state index in [1.807, 2.05) is 12.4 Å². The van der Waals surface area contributed by atoms with Gasteiger partial charge < -0.3 is 9.64 Å². The number of rotatable bonds is 7. The largest absolute Gasteiger partial charge is 0.381 e. The highest BCUT2D eigenvalue weighted by Crippen LogP contribution is 2.31. The normalized spacial score (nSPS) is 15.9. The molecule has 1 saturated heterocycles. The predicted octanol–water partition coefficient (Wildman–Crippen LogP) is 4.47. The molecule has 1 N–H and O–H groups in total. The fourth-order valence-electron chi connectivity index (χ4n) is 4.34. The van der Waals surface area contributed by atoms with Gasteiger partial charge in [0.05, 0.1) is 6.20 Å². The molecule has 1 fully saturated rings. The van der Waals surface area contributed by atoms with Crippen LogP contribution in [0.25, 0.3) is 11.1 Å². The van der Waals surface area contributed by atoms with Crippen LogP contribution in [0.1, 0.15) is 18.4 Å². The van der Waals surface area contributed by atoms with Gasteiger partial charge in [-0.25, -0.2) is 8.78 Å². The SMILES string of the molecule is CN(CC1(N(C)Cc2ccc(F)c(F)c2)CCOCC1)c1ccc(-c2cn[nH]c2)cc1. The molecule has 0 radical (unpaired) electrons. The summed E-state index contributed by atoms with van der Waals surface area (Å²) in [6, 6.07) is 12.6. The van der Waals surface area contributed by atoms with Crippen molar-refractivity contribution in [3.63, 3.8) is 0 Å². The Morgan fingerprint density at radius 1 is 1.00 bits per heavy atom. The lowest BCUT2D eigenvalue weighted by Crippen LogP contribution is -2.56. The van der Waals surface area contributed by atoms with Crippen molar-refractivity contribution in [2.75, 3.05) is 38.8 Å². The molecule has 1 aliphatic rings. The van der Waals surface area contributed by atoms with Crippen molar-refractivity contribution in [2.45, 2.75) is 24.9 Å². The van der Waals surface area contributed by atoms with E-state index in [1.54, 1.807) is 6.07 Å². The summed E-state index contributed by atoms with van der Waals surface area (Å²) in [4.78, 5) is 4.52. The molecule has 31 heavy (non-hydrogen) atoms. The average Bonchev–Trinajstić information content (AvgIpc) is 3.32. The zero-order valence-corrected chi connectivity index (χ0v) is 17.9. The Kier molecular flexibility index (Phi) is 6.34. The standard InChI is InChI=1S/C24H28F2N4O/c1-29(21-6-4-19(5-7-21)20-14-27-28-15-20)17-24(9-11-31-12-10-24)30(2)16-18-3-8-22(25)23(26)13-18/h3-8,13-15H,9-12,16-17H2,1-2H3,(H,27,28). The minimum Gasteiger partial charge on any atom is -0.381 e. The Bertz CT molecular complexity index is 985. The first-order chi connectivity index (χ1) is 15.0. The van der Waals surface area contributed by atoms with E-state index < -0.39 is 11.6 Å². The van der Waals surface area contributed by atoms with Gasteiger partial charge in [-0.05, 0) is 55.3 Å². The Hall–Kier alpha value is -2.77. The third-order valence-electron chi connectivity index (χ3n) is 6.31. The number of likely N-dealkylation sites (N-methyl/N-ethyl adjacent to an activating group) is 2. The van der Waals surface area contributed by atoms with Gasteiger partial charge in [0.2, 0.25) is 0 Å². The second-order valence-electron chi connectivity index (χ2n) is 8.33. The molecule has 0 atom stereocenters. The number of benzene rings is 2. The van der Waals surface area contributed by atoms with E-state index in [9.17, 15) is 8.78 Å². The van der Waals surface area contributed by atoms with Crippen molar-refractivity contribution >= 4 is 5.69 Å². The maximum Gasteiger partial charge on any atom is 0.159 e. The summed E-state index contributed by atoms with van der Waals surface area (Å²) in [5.74, 6) is -1.62. The van der Waals surface area contributed by atoms with Crippen LogP contribution in [0.5, 0.6) is 0 Å². The quantitative estimate of drug-likeness (QED) is 0.605. The van der Waals surface area contributed by atoms with Crippen LogP contribution in [0.4, 0.5) is 14.5 Å². The number of nitrogens with one attached hydrogen (secondary N) is 1. The van der Waals surface area contributed by atoms with Crippen molar-refractivity contribution < 1.29 is 13.5 Å². The lowest BCUT2D eigenvalue weighted by molar-refractivity contribution is -0.0168. The van der Waals surface area contributed by atoms with Crippen LogP contribution in [0.3, 0.4) is 0 Å². The van der Waals surface area contributed by atoms with Crippen molar-refractivity contribution in [2.24, 2.45) is 0 Å². The molecule has 0 spiro atoms. The van der Waals surface area contributed by atoms with Crippen LogP contribution in [0.15, 0.2) is 54.9 Å². The molecule has 164 valence electrons. The molecule has 0 aliphatic carbocycles. The number of aromatic nitrogens is 2. The van der Waals surface area contributed by atoms with Crippen LogP contribution in [-0.4, -0.2) is 54.5 Å². The minimum atomic E-state index is -0.814. The Morgan fingerprint density at radius 3 is 2.39 bits per heavy atom. The summed E-state index contributed by atoms with van der Waals surface area (Å²) < 4.78 is 32.7. The van der Waals surface area contributed by atoms with Gasteiger partial charge >= 0.3 is 0 Å². The van der Waals surface area contributed by atoms with E-state index in [1.165, 1.54) is 12.1 Å². The summed E-state index contributed by atoms with van der Waals surface area (Å²) in [6.45, 7) is 2.73. The van der Waals surface area contributed by atoms with E-state index in [4.69, 9.17) is 4.74 Å². The summed E-state index contributed by atoms with van der Waals surface area (Å²) >= 11 is 0. The lowest BCUT2D eigenvalue weighted by Gasteiger charge is -2.47. The highest BCUT2D eigenvalue weighted by atomic mass is 19.2. The number of halogens is 2. The number of aromatic amines is 1. The van der Waals surface area contributed by atoms with Crippen LogP contribution in [0, 0.1) is 11.6 Å². The number of nitrogens with zero attached hydrogens (tertiary/aromatic N) is 3. The van der Waals surface area contributed by atoms with Gasteiger partial charge in [-0.15, -0.1) is 0 Å². The highest BCUT2D eigenvalue weighted by molar-refractivity contribution is 5.64. The maximum absolute atomic E-state index is 13.7. The number of anilines is 1. The van der Waals surface area contributed by atoms with Crippen LogP contribution < -0.4 is 4.90 Å². The molecule has 0 bridgehead atoms. The van der Waals surface area contributed by atoms with E-state index in [0.717, 1.165) is 41.8 Å². The molecular weight excluding hydrogens is 398 g/mol. The second kappa shape index (κ2) is 9.16. The van der Waals surface area contributed by atoms with Crippen molar-refractivity contribution in [1.82, 2.24) is 15.1 Å². The average molecular weight is 427 g/mol. The van der Waals surface area contributed by atoms with Crippen LogP contribution >= 0.6 is 0 Å².